The average molecular weight is 303 g/mol. The number of benzene rings is 1. The summed E-state index contributed by atoms with van der Waals surface area (Å²) in [5.41, 5.74) is 2.06. The van der Waals surface area contributed by atoms with Crippen molar-refractivity contribution in [2.24, 2.45) is 0 Å². The number of ether oxygens (including phenoxy) is 1. The van der Waals surface area contributed by atoms with Crippen LogP contribution in [0.5, 0.6) is 5.75 Å². The zero-order chi connectivity index (χ0) is 15.5. The van der Waals surface area contributed by atoms with Gasteiger partial charge in [-0.3, -0.25) is 4.79 Å². The highest BCUT2D eigenvalue weighted by Crippen LogP contribution is 2.30. The van der Waals surface area contributed by atoms with Gasteiger partial charge in [0.15, 0.2) is 0 Å². The Hall–Kier alpha value is -1.59. The molecule has 2 aliphatic heterocycles. The fraction of sp³-hybridized carbons (Fsp3) is 0.588. The van der Waals surface area contributed by atoms with Crippen LogP contribution in [0.2, 0.25) is 0 Å². The predicted molar refractivity (Wildman–Crippen MR) is 87.4 cm³/mol. The highest BCUT2D eigenvalue weighted by Gasteiger charge is 2.19. The van der Waals surface area contributed by atoms with Crippen molar-refractivity contribution in [1.82, 2.24) is 9.80 Å². The summed E-state index contributed by atoms with van der Waals surface area (Å²) >= 11 is 0. The van der Waals surface area contributed by atoms with E-state index in [1.165, 1.54) is 5.56 Å². The standard InChI is InChI=1S/C17H25N3O2/c1-13-11-14-12-15(3-4-16(14)22-13)18-17(21)5-6-20-9-7-19(2)8-10-20/h3-4,12-13H,5-11H2,1-2H3,(H,18,21). The second-order valence-electron chi connectivity index (χ2n) is 6.40. The lowest BCUT2D eigenvalue weighted by Crippen LogP contribution is -2.45. The van der Waals surface area contributed by atoms with Gasteiger partial charge in [-0.15, -0.1) is 0 Å². The van der Waals surface area contributed by atoms with Gasteiger partial charge in [0.25, 0.3) is 0 Å². The molecule has 1 atom stereocenters. The first kappa shape index (κ1) is 15.3. The Kier molecular flexibility index (Phi) is 4.64. The van der Waals surface area contributed by atoms with Crippen molar-refractivity contribution in [3.05, 3.63) is 23.8 Å². The minimum Gasteiger partial charge on any atom is -0.490 e. The number of fused-ring (bicyclic) bond motifs is 1. The summed E-state index contributed by atoms with van der Waals surface area (Å²) < 4.78 is 5.68. The zero-order valence-corrected chi connectivity index (χ0v) is 13.5. The number of amides is 1. The number of piperazine rings is 1. The largest absolute Gasteiger partial charge is 0.490 e. The number of nitrogens with zero attached hydrogens (tertiary/aromatic N) is 2. The summed E-state index contributed by atoms with van der Waals surface area (Å²) in [5, 5.41) is 3.00. The van der Waals surface area contributed by atoms with Crippen molar-refractivity contribution in [3.63, 3.8) is 0 Å². The summed E-state index contributed by atoms with van der Waals surface area (Å²) in [4.78, 5) is 16.8. The van der Waals surface area contributed by atoms with Gasteiger partial charge in [0.1, 0.15) is 11.9 Å². The molecule has 120 valence electrons. The van der Waals surface area contributed by atoms with Crippen LogP contribution >= 0.6 is 0 Å². The Morgan fingerprint density at radius 1 is 1.32 bits per heavy atom. The second kappa shape index (κ2) is 6.67. The van der Waals surface area contributed by atoms with E-state index in [0.29, 0.717) is 6.42 Å². The minimum atomic E-state index is 0.0887. The molecule has 0 bridgehead atoms. The molecule has 0 radical (unpaired) electrons. The lowest BCUT2D eigenvalue weighted by molar-refractivity contribution is -0.116. The molecule has 22 heavy (non-hydrogen) atoms. The van der Waals surface area contributed by atoms with Gasteiger partial charge >= 0.3 is 0 Å². The number of carbonyl (C=O) groups is 1. The van der Waals surface area contributed by atoms with Crippen molar-refractivity contribution >= 4 is 11.6 Å². The summed E-state index contributed by atoms with van der Waals surface area (Å²) in [5.74, 6) is 1.04. The normalized spacial score (nSPS) is 22.2. The van der Waals surface area contributed by atoms with E-state index in [0.717, 1.165) is 50.6 Å². The van der Waals surface area contributed by atoms with E-state index >= 15 is 0 Å². The lowest BCUT2D eigenvalue weighted by Gasteiger charge is -2.32. The molecule has 2 heterocycles. The first-order chi connectivity index (χ1) is 10.6. The van der Waals surface area contributed by atoms with Crippen LogP contribution in [0, 0.1) is 0 Å². The van der Waals surface area contributed by atoms with Crippen molar-refractivity contribution in [3.8, 4) is 5.75 Å². The van der Waals surface area contributed by atoms with Crippen LogP contribution in [0.25, 0.3) is 0 Å². The maximum Gasteiger partial charge on any atom is 0.225 e. The number of hydrogen-bond donors (Lipinski definition) is 1. The highest BCUT2D eigenvalue weighted by atomic mass is 16.5. The minimum absolute atomic E-state index is 0.0887. The van der Waals surface area contributed by atoms with E-state index in [-0.39, 0.29) is 12.0 Å². The molecule has 5 nitrogen and oxygen atoms in total. The molecule has 1 saturated heterocycles. The van der Waals surface area contributed by atoms with Gasteiger partial charge in [0.05, 0.1) is 0 Å². The maximum absolute atomic E-state index is 12.1. The fourth-order valence-corrected chi connectivity index (χ4v) is 3.05. The van der Waals surface area contributed by atoms with E-state index in [9.17, 15) is 4.79 Å². The Bertz CT molecular complexity index is 539. The Labute approximate surface area is 132 Å². The Morgan fingerprint density at radius 3 is 2.86 bits per heavy atom. The van der Waals surface area contributed by atoms with Gasteiger partial charge < -0.3 is 19.9 Å². The summed E-state index contributed by atoms with van der Waals surface area (Å²) in [6.07, 6.45) is 1.70. The van der Waals surface area contributed by atoms with Gasteiger partial charge in [0.2, 0.25) is 5.91 Å². The molecule has 1 N–H and O–H groups in total. The summed E-state index contributed by atoms with van der Waals surface area (Å²) in [6, 6.07) is 5.91. The van der Waals surface area contributed by atoms with Crippen LogP contribution in [0.15, 0.2) is 18.2 Å². The molecule has 0 aliphatic carbocycles. The van der Waals surface area contributed by atoms with Crippen molar-refractivity contribution in [2.75, 3.05) is 45.1 Å². The van der Waals surface area contributed by atoms with Crippen LogP contribution in [-0.2, 0) is 11.2 Å². The molecular formula is C17H25N3O2. The fourth-order valence-electron chi connectivity index (χ4n) is 3.05. The number of rotatable bonds is 4. The van der Waals surface area contributed by atoms with E-state index in [1.807, 2.05) is 18.2 Å². The van der Waals surface area contributed by atoms with Crippen LogP contribution in [0.1, 0.15) is 18.9 Å². The van der Waals surface area contributed by atoms with Gasteiger partial charge in [-0.05, 0) is 37.7 Å². The number of nitrogens with one attached hydrogen (secondary N) is 1. The Morgan fingerprint density at radius 2 is 2.09 bits per heavy atom. The molecule has 1 amide bonds. The molecule has 1 fully saturated rings. The van der Waals surface area contributed by atoms with Gasteiger partial charge in [-0.25, -0.2) is 0 Å². The molecule has 1 aromatic carbocycles. The monoisotopic (exact) mass is 303 g/mol. The van der Waals surface area contributed by atoms with E-state index in [1.54, 1.807) is 0 Å². The molecule has 3 rings (SSSR count). The second-order valence-corrected chi connectivity index (χ2v) is 6.40. The molecule has 2 aliphatic rings. The molecule has 0 aromatic heterocycles. The topological polar surface area (TPSA) is 44.8 Å². The summed E-state index contributed by atoms with van der Waals surface area (Å²) in [6.45, 7) is 7.18. The number of hydrogen-bond acceptors (Lipinski definition) is 4. The van der Waals surface area contributed by atoms with Crippen LogP contribution in [-0.4, -0.2) is 61.6 Å². The van der Waals surface area contributed by atoms with Gasteiger partial charge in [-0.1, -0.05) is 0 Å². The summed E-state index contributed by atoms with van der Waals surface area (Å²) in [7, 11) is 2.14. The number of likely N-dealkylation sites (N-methyl/N-ethyl adjacent to an activating group) is 1. The molecular weight excluding hydrogens is 278 g/mol. The van der Waals surface area contributed by atoms with Crippen LogP contribution < -0.4 is 10.1 Å². The third-order valence-electron chi connectivity index (χ3n) is 4.43. The third kappa shape index (κ3) is 3.78. The zero-order valence-electron chi connectivity index (χ0n) is 13.5. The van der Waals surface area contributed by atoms with Gasteiger partial charge in [0, 0.05) is 51.3 Å². The van der Waals surface area contributed by atoms with E-state index in [4.69, 9.17) is 4.74 Å². The molecule has 1 aromatic rings. The first-order valence-corrected chi connectivity index (χ1v) is 8.10. The molecule has 0 spiro atoms. The van der Waals surface area contributed by atoms with Crippen molar-refractivity contribution in [1.29, 1.82) is 0 Å². The highest BCUT2D eigenvalue weighted by molar-refractivity contribution is 5.91. The number of anilines is 1. The molecule has 0 saturated carbocycles. The van der Waals surface area contributed by atoms with Gasteiger partial charge in [-0.2, -0.15) is 0 Å². The smallest absolute Gasteiger partial charge is 0.225 e. The number of carbonyl (C=O) groups excluding carboxylic acids is 1. The van der Waals surface area contributed by atoms with Crippen LogP contribution in [0.3, 0.4) is 0 Å². The predicted octanol–water partition coefficient (Wildman–Crippen LogP) is 1.59. The van der Waals surface area contributed by atoms with Crippen LogP contribution in [0.4, 0.5) is 5.69 Å². The first-order valence-electron chi connectivity index (χ1n) is 8.10. The SMILES string of the molecule is CC1Cc2cc(NC(=O)CCN3CCN(C)CC3)ccc2O1. The average Bonchev–Trinajstić information content (AvgIpc) is 2.86. The maximum atomic E-state index is 12.1. The van der Waals surface area contributed by atoms with Crippen molar-refractivity contribution < 1.29 is 9.53 Å². The van der Waals surface area contributed by atoms with E-state index < -0.39 is 0 Å². The quantitative estimate of drug-likeness (QED) is 0.917. The lowest BCUT2D eigenvalue weighted by atomic mass is 10.1. The van der Waals surface area contributed by atoms with Crippen molar-refractivity contribution in [2.45, 2.75) is 25.9 Å². The van der Waals surface area contributed by atoms with E-state index in [2.05, 4.69) is 29.1 Å². The third-order valence-corrected chi connectivity index (χ3v) is 4.43. The molecule has 1 unspecified atom stereocenters. The molecule has 5 heteroatoms. The Balaban J connectivity index is 1.47.